The lowest BCUT2D eigenvalue weighted by Gasteiger charge is -2.42. The average molecular weight is 316 g/mol. The number of fused-ring (bicyclic) bond motifs is 2. The van der Waals surface area contributed by atoms with Crippen molar-refractivity contribution in [3.63, 3.8) is 0 Å². The molecule has 2 bridgehead atoms. The number of hydrogen-bond acceptors (Lipinski definition) is 5. The first-order valence-corrected chi connectivity index (χ1v) is 9.10. The minimum Gasteiger partial charge on any atom is -0.411 e. The Bertz CT molecular complexity index is 551. The predicted molar refractivity (Wildman–Crippen MR) is 78.9 cm³/mol. The quantitative estimate of drug-likeness (QED) is 0.612. The third-order valence-electron chi connectivity index (χ3n) is 6.04. The summed E-state index contributed by atoms with van der Waals surface area (Å²) in [5, 5.41) is 12.1. The van der Waals surface area contributed by atoms with Gasteiger partial charge in [-0.1, -0.05) is 25.9 Å². The zero-order valence-electron chi connectivity index (χ0n) is 12.8. The second-order valence-corrected chi connectivity index (χ2v) is 9.11. The van der Waals surface area contributed by atoms with Crippen molar-refractivity contribution in [3.8, 4) is 0 Å². The summed E-state index contributed by atoms with van der Waals surface area (Å²) in [5.41, 5.74) is 0.418. The van der Waals surface area contributed by atoms with Gasteiger partial charge in [-0.25, -0.2) is 8.42 Å². The first-order chi connectivity index (χ1) is 9.81. The molecule has 0 aromatic heterocycles. The van der Waals surface area contributed by atoms with Crippen molar-refractivity contribution in [2.75, 3.05) is 26.3 Å². The maximum absolute atomic E-state index is 13.0. The molecule has 0 amide bonds. The minimum atomic E-state index is -3.49. The Morgan fingerprint density at radius 2 is 1.95 bits per heavy atom. The highest BCUT2D eigenvalue weighted by atomic mass is 32.2. The summed E-state index contributed by atoms with van der Waals surface area (Å²) >= 11 is 0. The number of nitrogens with zero attached hydrogens (tertiary/aromatic N) is 2. The highest BCUT2D eigenvalue weighted by molar-refractivity contribution is 7.90. The molecule has 1 heterocycles. The zero-order valence-corrected chi connectivity index (χ0v) is 13.6. The average Bonchev–Trinajstić information content (AvgIpc) is 2.96. The van der Waals surface area contributed by atoms with Gasteiger partial charge in [0.1, 0.15) is 5.25 Å². The monoisotopic (exact) mass is 316 g/mol. The summed E-state index contributed by atoms with van der Waals surface area (Å²) in [5.74, 6) is 0.441. The maximum Gasteiger partial charge on any atom is 0.222 e. The van der Waals surface area contributed by atoms with Crippen molar-refractivity contribution in [3.05, 3.63) is 0 Å². The molecule has 1 saturated heterocycles. The van der Waals surface area contributed by atoms with Gasteiger partial charge < -0.3 is 9.94 Å². The molecule has 2 aliphatic carbocycles. The smallest absolute Gasteiger partial charge is 0.222 e. The standard InChI is InChI=1S/C14H24N2O4S/c1-9-10-8-11(14(9,2)3)13(12(10)15-17)21(18,19)16-4-6-20-7-5-16/h9-11,13,17H,4-8H2,1-3H3/b15-12-/t9-,10+,11-,13+/m0/s1. The van der Waals surface area contributed by atoms with E-state index in [-0.39, 0.29) is 17.3 Å². The lowest BCUT2D eigenvalue weighted by Crippen LogP contribution is -2.53. The van der Waals surface area contributed by atoms with E-state index in [2.05, 4.69) is 25.9 Å². The Labute approximate surface area is 126 Å². The van der Waals surface area contributed by atoms with Crippen molar-refractivity contribution in [2.24, 2.45) is 28.3 Å². The van der Waals surface area contributed by atoms with Crippen LogP contribution in [-0.4, -0.2) is 55.2 Å². The molecule has 0 unspecified atom stereocenters. The van der Waals surface area contributed by atoms with Crippen molar-refractivity contribution in [1.29, 1.82) is 0 Å². The Kier molecular flexibility index (Phi) is 3.58. The molecule has 21 heavy (non-hydrogen) atoms. The van der Waals surface area contributed by atoms with Gasteiger partial charge in [-0.2, -0.15) is 4.31 Å². The fraction of sp³-hybridized carbons (Fsp3) is 0.929. The molecule has 0 aromatic rings. The van der Waals surface area contributed by atoms with Gasteiger partial charge in [-0.15, -0.1) is 0 Å². The maximum atomic E-state index is 13.0. The summed E-state index contributed by atoms with van der Waals surface area (Å²) in [7, 11) is -3.49. The first-order valence-electron chi connectivity index (χ1n) is 7.60. The summed E-state index contributed by atoms with van der Waals surface area (Å²) in [4.78, 5) is 0. The van der Waals surface area contributed by atoms with Gasteiger partial charge in [0.2, 0.25) is 10.0 Å². The molecular weight excluding hydrogens is 292 g/mol. The Morgan fingerprint density at radius 3 is 2.52 bits per heavy atom. The van der Waals surface area contributed by atoms with E-state index in [1.165, 1.54) is 4.31 Å². The molecular formula is C14H24N2O4S. The van der Waals surface area contributed by atoms with Crippen LogP contribution in [0.3, 0.4) is 0 Å². The van der Waals surface area contributed by atoms with Crippen LogP contribution in [0.5, 0.6) is 0 Å². The third kappa shape index (κ3) is 2.04. The van der Waals surface area contributed by atoms with Gasteiger partial charge in [0.05, 0.1) is 18.9 Å². The molecule has 7 heteroatoms. The molecule has 3 aliphatic rings. The molecule has 1 aliphatic heterocycles. The van der Waals surface area contributed by atoms with E-state index in [9.17, 15) is 13.6 Å². The topological polar surface area (TPSA) is 79.2 Å². The highest BCUT2D eigenvalue weighted by Crippen LogP contribution is 2.59. The summed E-state index contributed by atoms with van der Waals surface area (Å²) in [6, 6.07) is 0. The Morgan fingerprint density at radius 1 is 1.33 bits per heavy atom. The molecule has 120 valence electrons. The van der Waals surface area contributed by atoms with Crippen LogP contribution < -0.4 is 0 Å². The Hall–Kier alpha value is -0.660. The fourth-order valence-corrected chi connectivity index (χ4v) is 6.78. The molecule has 2 saturated carbocycles. The number of ether oxygens (including phenoxy) is 1. The van der Waals surface area contributed by atoms with Crippen molar-refractivity contribution in [1.82, 2.24) is 4.31 Å². The van der Waals surface area contributed by atoms with Gasteiger partial charge in [-0.05, 0) is 23.7 Å². The lowest BCUT2D eigenvalue weighted by molar-refractivity contribution is 0.0719. The Balaban J connectivity index is 1.97. The van der Waals surface area contributed by atoms with Gasteiger partial charge >= 0.3 is 0 Å². The van der Waals surface area contributed by atoms with Crippen LogP contribution in [0.25, 0.3) is 0 Å². The molecule has 0 aromatic carbocycles. The lowest BCUT2D eigenvalue weighted by atomic mass is 9.69. The number of hydrogen-bond donors (Lipinski definition) is 1. The van der Waals surface area contributed by atoms with Crippen LogP contribution in [0.15, 0.2) is 5.16 Å². The van der Waals surface area contributed by atoms with E-state index in [0.29, 0.717) is 37.9 Å². The SMILES string of the molecule is C[C@H]1[C@H]2C[C@@H]([C@@H](S(=O)(=O)N3CCOCC3)/C2=N\O)C1(C)C. The highest BCUT2D eigenvalue weighted by Gasteiger charge is 2.63. The van der Waals surface area contributed by atoms with Gasteiger partial charge in [0, 0.05) is 19.0 Å². The van der Waals surface area contributed by atoms with Crippen LogP contribution in [0, 0.1) is 23.2 Å². The summed E-state index contributed by atoms with van der Waals surface area (Å²) in [6.45, 7) is 8.07. The minimum absolute atomic E-state index is 0.0243. The zero-order chi connectivity index (χ0) is 15.4. The van der Waals surface area contributed by atoms with Gasteiger partial charge in [0.25, 0.3) is 0 Å². The number of morpholine rings is 1. The summed E-state index contributed by atoms with van der Waals surface area (Å²) < 4.78 is 32.8. The van der Waals surface area contributed by atoms with E-state index < -0.39 is 15.3 Å². The van der Waals surface area contributed by atoms with Crippen LogP contribution in [0.4, 0.5) is 0 Å². The third-order valence-corrected chi connectivity index (χ3v) is 8.34. The second-order valence-electron chi connectivity index (χ2n) is 7.06. The van der Waals surface area contributed by atoms with Crippen LogP contribution in [-0.2, 0) is 14.8 Å². The van der Waals surface area contributed by atoms with Crippen molar-refractivity contribution < 1.29 is 18.4 Å². The van der Waals surface area contributed by atoms with E-state index >= 15 is 0 Å². The largest absolute Gasteiger partial charge is 0.411 e. The van der Waals surface area contributed by atoms with E-state index in [0.717, 1.165) is 6.42 Å². The van der Waals surface area contributed by atoms with Crippen LogP contribution in [0.1, 0.15) is 27.2 Å². The van der Waals surface area contributed by atoms with Crippen LogP contribution in [0.2, 0.25) is 0 Å². The van der Waals surface area contributed by atoms with E-state index in [1.54, 1.807) is 0 Å². The molecule has 0 radical (unpaired) electrons. The van der Waals surface area contributed by atoms with Crippen molar-refractivity contribution in [2.45, 2.75) is 32.4 Å². The molecule has 6 nitrogen and oxygen atoms in total. The number of sulfonamides is 1. The molecule has 0 spiro atoms. The molecule has 1 N–H and O–H groups in total. The number of oxime groups is 1. The number of rotatable bonds is 2. The second kappa shape index (κ2) is 4.93. The normalized spacial score (nSPS) is 41.8. The van der Waals surface area contributed by atoms with E-state index in [4.69, 9.17) is 4.74 Å². The van der Waals surface area contributed by atoms with E-state index in [1.807, 2.05) is 0 Å². The van der Waals surface area contributed by atoms with Gasteiger partial charge in [0.15, 0.2) is 0 Å². The summed E-state index contributed by atoms with van der Waals surface area (Å²) in [6.07, 6.45) is 0.807. The van der Waals surface area contributed by atoms with Gasteiger partial charge in [-0.3, -0.25) is 0 Å². The predicted octanol–water partition coefficient (Wildman–Crippen LogP) is 1.16. The van der Waals surface area contributed by atoms with Crippen LogP contribution >= 0.6 is 0 Å². The first kappa shape index (κ1) is 15.2. The van der Waals surface area contributed by atoms with Crippen molar-refractivity contribution >= 4 is 15.7 Å². The fourth-order valence-electron chi connectivity index (χ4n) is 4.40. The molecule has 3 rings (SSSR count). The molecule has 4 atom stereocenters. The molecule has 3 fully saturated rings.